The predicted molar refractivity (Wildman–Crippen MR) is 120 cm³/mol. The maximum absolute atomic E-state index is 5.84. The molecule has 0 aliphatic heterocycles. The van der Waals surface area contributed by atoms with Crippen molar-refractivity contribution >= 4 is 49.2 Å². The molecule has 0 N–H and O–H groups in total. The van der Waals surface area contributed by atoms with Gasteiger partial charge < -0.3 is 7.43 Å². The first-order valence-electron chi connectivity index (χ1n) is 7.90. The second-order valence-corrected chi connectivity index (χ2v) is 12.1. The second-order valence-electron chi connectivity index (χ2n) is 6.15. The SMILES string of the molecule is CP(C)C1=Cc2ccccc2C1.ClP(Cl)C1=Cc2ccccc2C1.[CH3-].[Li+]. The van der Waals surface area contributed by atoms with Crippen molar-refractivity contribution in [2.45, 2.75) is 12.8 Å². The fourth-order valence-corrected chi connectivity index (χ4v) is 4.98. The number of halogens is 2. The van der Waals surface area contributed by atoms with E-state index >= 15 is 0 Å². The van der Waals surface area contributed by atoms with Gasteiger partial charge in [0, 0.05) is 6.42 Å². The number of benzene rings is 2. The zero-order chi connectivity index (χ0) is 17.1. The molecule has 0 unspecified atom stereocenters. The van der Waals surface area contributed by atoms with E-state index in [9.17, 15) is 0 Å². The third kappa shape index (κ3) is 5.98. The van der Waals surface area contributed by atoms with E-state index in [4.69, 9.17) is 22.5 Å². The molecule has 2 aromatic carbocycles. The van der Waals surface area contributed by atoms with Crippen LogP contribution in [0.4, 0.5) is 0 Å². The number of allylic oxidation sites excluding steroid dienone is 2. The topological polar surface area (TPSA) is 0 Å². The smallest absolute Gasteiger partial charge is 0.358 e. The summed E-state index contributed by atoms with van der Waals surface area (Å²) in [6.07, 6.45) is 6.58. The van der Waals surface area contributed by atoms with Crippen molar-refractivity contribution in [2.75, 3.05) is 13.3 Å². The Morgan fingerprint density at radius 3 is 1.58 bits per heavy atom. The first-order valence-corrected chi connectivity index (χ1v) is 13.3. The summed E-state index contributed by atoms with van der Waals surface area (Å²) in [6.45, 7) is 3.71. The van der Waals surface area contributed by atoms with Gasteiger partial charge >= 0.3 is 18.9 Å². The molecular weight excluding hydrogens is 392 g/mol. The average molecular weight is 415 g/mol. The van der Waals surface area contributed by atoms with Crippen LogP contribution in [0.25, 0.3) is 12.2 Å². The first-order chi connectivity index (χ1) is 11.5. The van der Waals surface area contributed by atoms with Crippen molar-refractivity contribution in [2.24, 2.45) is 0 Å². The fraction of sp³-hybridized carbons (Fsp3) is 0.190. The van der Waals surface area contributed by atoms with Crippen LogP contribution < -0.4 is 18.9 Å². The van der Waals surface area contributed by atoms with Crippen molar-refractivity contribution in [1.82, 2.24) is 0 Å². The Bertz CT molecular complexity index is 731. The third-order valence-corrected chi connectivity index (χ3v) is 7.75. The molecule has 4 rings (SSSR count). The van der Waals surface area contributed by atoms with E-state index in [-0.39, 0.29) is 34.2 Å². The quantitative estimate of drug-likeness (QED) is 0.362. The van der Waals surface area contributed by atoms with Crippen molar-refractivity contribution in [3.63, 3.8) is 0 Å². The zero-order valence-electron chi connectivity index (χ0n) is 15.8. The number of hydrogen-bond acceptors (Lipinski definition) is 0. The maximum Gasteiger partial charge on any atom is 1.00 e. The normalized spacial score (nSPS) is 13.6. The molecule has 132 valence electrons. The molecular formula is C21H23Cl2LiP2. The molecule has 0 amide bonds. The van der Waals surface area contributed by atoms with E-state index in [1.54, 1.807) is 5.31 Å². The predicted octanol–water partition coefficient (Wildman–Crippen LogP) is 5.15. The number of hydrogen-bond donors (Lipinski definition) is 0. The standard InChI is InChI=1S/C11H13P.C9H7Cl2P.CH3.Li/c1-12(2)11-7-9-5-3-4-6-10(9)8-11;10-12(11)9-5-7-3-1-2-4-8(7)6-9;;/h3-7H,8H2,1-2H3;1-5H,6H2;1H3;/q;;-1;+1. The summed E-state index contributed by atoms with van der Waals surface area (Å²) in [6, 6.07) is 17.0. The van der Waals surface area contributed by atoms with Crippen LogP contribution in [0.5, 0.6) is 0 Å². The molecule has 0 aromatic heterocycles. The minimum absolute atomic E-state index is 0. The van der Waals surface area contributed by atoms with Crippen LogP contribution in [0.3, 0.4) is 0 Å². The monoisotopic (exact) mass is 414 g/mol. The van der Waals surface area contributed by atoms with Gasteiger partial charge in [0.25, 0.3) is 0 Å². The van der Waals surface area contributed by atoms with Crippen molar-refractivity contribution in [1.29, 1.82) is 0 Å². The molecule has 0 heterocycles. The van der Waals surface area contributed by atoms with Crippen LogP contribution in [0.2, 0.25) is 0 Å². The molecule has 0 fully saturated rings. The van der Waals surface area contributed by atoms with Crippen molar-refractivity contribution < 1.29 is 18.9 Å². The molecule has 2 aliphatic carbocycles. The third-order valence-electron chi connectivity index (χ3n) is 4.29. The Hall–Kier alpha value is -0.0426. The van der Waals surface area contributed by atoms with Crippen LogP contribution in [-0.4, -0.2) is 13.3 Å². The van der Waals surface area contributed by atoms with Crippen LogP contribution in [0.1, 0.15) is 22.3 Å². The fourth-order valence-electron chi connectivity index (χ4n) is 2.92. The van der Waals surface area contributed by atoms with Crippen molar-refractivity contribution in [3.05, 3.63) is 88.8 Å². The summed E-state index contributed by atoms with van der Waals surface area (Å²) in [5.41, 5.74) is 5.54. The van der Waals surface area contributed by atoms with Gasteiger partial charge in [-0.25, -0.2) is 0 Å². The molecule has 2 aliphatic rings. The summed E-state index contributed by atoms with van der Waals surface area (Å²) in [5, 5.41) is 2.79. The maximum atomic E-state index is 5.84. The van der Waals surface area contributed by atoms with E-state index in [1.807, 2.05) is 12.1 Å². The molecule has 0 spiro atoms. The van der Waals surface area contributed by atoms with Gasteiger partial charge in [-0.1, -0.05) is 85.0 Å². The zero-order valence-corrected chi connectivity index (χ0v) is 19.1. The summed E-state index contributed by atoms with van der Waals surface area (Å²) >= 11 is 11.7. The summed E-state index contributed by atoms with van der Waals surface area (Å²) in [7, 11) is 0.113. The Balaban J connectivity index is 0.000000241. The Morgan fingerprint density at radius 2 is 1.15 bits per heavy atom. The van der Waals surface area contributed by atoms with Crippen LogP contribution in [-0.2, 0) is 12.8 Å². The molecule has 0 bridgehead atoms. The number of rotatable bonds is 2. The van der Waals surface area contributed by atoms with E-state index in [0.717, 1.165) is 11.7 Å². The Kier molecular flexibility index (Phi) is 10.2. The molecule has 0 saturated heterocycles. The molecule has 0 atom stereocenters. The molecule has 2 aromatic rings. The van der Waals surface area contributed by atoms with Gasteiger partial charge in [-0.15, -0.1) is 0 Å². The van der Waals surface area contributed by atoms with E-state index in [1.165, 1.54) is 28.7 Å². The van der Waals surface area contributed by atoms with E-state index in [2.05, 4.69) is 61.9 Å². The minimum atomic E-state index is -0.942. The van der Waals surface area contributed by atoms with Gasteiger partial charge in [0.15, 0.2) is 0 Å². The van der Waals surface area contributed by atoms with Gasteiger partial charge in [-0.3, -0.25) is 0 Å². The van der Waals surface area contributed by atoms with E-state index in [0.29, 0.717) is 0 Å². The average Bonchev–Trinajstić information content (AvgIpc) is 3.19. The molecule has 0 nitrogen and oxygen atoms in total. The largest absolute Gasteiger partial charge is 1.00 e. The summed E-state index contributed by atoms with van der Waals surface area (Å²) in [5.74, 6) is 0. The first kappa shape index (κ1) is 24.0. The van der Waals surface area contributed by atoms with Crippen molar-refractivity contribution in [3.8, 4) is 0 Å². The van der Waals surface area contributed by atoms with Gasteiger partial charge in [0.05, 0.1) is 0 Å². The van der Waals surface area contributed by atoms with Gasteiger partial charge in [-0.2, -0.15) is 0 Å². The summed E-state index contributed by atoms with van der Waals surface area (Å²) < 4.78 is 0. The van der Waals surface area contributed by atoms with Crippen LogP contribution in [0.15, 0.2) is 59.2 Å². The molecule has 26 heavy (non-hydrogen) atoms. The Morgan fingerprint density at radius 1 is 0.731 bits per heavy atom. The van der Waals surface area contributed by atoms with Crippen LogP contribution in [0, 0.1) is 7.43 Å². The van der Waals surface area contributed by atoms with E-state index < -0.39 is 6.63 Å². The number of fused-ring (bicyclic) bond motifs is 2. The molecule has 0 saturated carbocycles. The Labute approximate surface area is 182 Å². The second kappa shape index (κ2) is 11.1. The minimum Gasteiger partial charge on any atom is -0.358 e. The van der Waals surface area contributed by atoms with Gasteiger partial charge in [0.1, 0.15) is 6.63 Å². The summed E-state index contributed by atoms with van der Waals surface area (Å²) in [4.78, 5) is 0. The van der Waals surface area contributed by atoms with Gasteiger partial charge in [-0.05, 0) is 58.7 Å². The molecule has 0 radical (unpaired) electrons. The molecule has 5 heteroatoms. The van der Waals surface area contributed by atoms with Gasteiger partial charge in [0.2, 0.25) is 0 Å². The van der Waals surface area contributed by atoms with Crippen LogP contribution >= 0.6 is 37.0 Å².